The Kier molecular flexibility index (Phi) is 4.27. The molecule has 2 aromatic carbocycles. The molecule has 0 radical (unpaired) electrons. The maximum Gasteiger partial charge on any atom is 0.314 e. The Morgan fingerprint density at radius 3 is 2.61 bits per heavy atom. The van der Waals surface area contributed by atoms with E-state index in [2.05, 4.69) is 9.97 Å². The van der Waals surface area contributed by atoms with Crippen LogP contribution in [0.4, 0.5) is 5.69 Å². The van der Waals surface area contributed by atoms with E-state index in [-0.39, 0.29) is 12.5 Å². The molecule has 2 aromatic heterocycles. The average molecular weight is 394 g/mol. The minimum atomic E-state index is -0.739. The van der Waals surface area contributed by atoms with Gasteiger partial charge in [0.2, 0.25) is 0 Å². The van der Waals surface area contributed by atoms with Crippen LogP contribution in [0.2, 0.25) is 0 Å². The number of thiophene rings is 1. The minimum absolute atomic E-state index is 0.122. The Morgan fingerprint density at radius 2 is 1.86 bits per heavy atom. The molecule has 0 atom stereocenters. The number of aromatic nitrogens is 2. The van der Waals surface area contributed by atoms with E-state index >= 15 is 0 Å². The number of amides is 1. The molecule has 0 aliphatic rings. The first-order chi connectivity index (χ1) is 13.3. The SMILES string of the molecule is Cc1c(N)cc2[nH]c(=O)c(=O)[nH]c2c1CN(C)C(=O)c1cc2ccccc2s1. The molecule has 4 aromatic rings. The lowest BCUT2D eigenvalue weighted by molar-refractivity contribution is 0.0790. The van der Waals surface area contributed by atoms with Crippen LogP contribution in [0.5, 0.6) is 0 Å². The Balaban J connectivity index is 1.75. The first kappa shape index (κ1) is 18.0. The van der Waals surface area contributed by atoms with Crippen molar-refractivity contribution >= 4 is 44.1 Å². The number of carbonyl (C=O) groups excluding carboxylic acids is 1. The highest BCUT2D eigenvalue weighted by Gasteiger charge is 2.19. The summed E-state index contributed by atoms with van der Waals surface area (Å²) in [6.07, 6.45) is 0. The lowest BCUT2D eigenvalue weighted by Gasteiger charge is -2.20. The van der Waals surface area contributed by atoms with Gasteiger partial charge in [0.1, 0.15) is 0 Å². The Labute approximate surface area is 163 Å². The van der Waals surface area contributed by atoms with Crippen LogP contribution in [0.1, 0.15) is 20.8 Å². The Hall–Kier alpha value is -3.39. The smallest absolute Gasteiger partial charge is 0.314 e. The van der Waals surface area contributed by atoms with Crippen molar-refractivity contribution in [2.45, 2.75) is 13.5 Å². The van der Waals surface area contributed by atoms with Crippen LogP contribution < -0.4 is 16.9 Å². The number of fused-ring (bicyclic) bond motifs is 2. The summed E-state index contributed by atoms with van der Waals surface area (Å²) in [5, 5.41) is 1.02. The zero-order valence-electron chi connectivity index (χ0n) is 15.3. The van der Waals surface area contributed by atoms with E-state index in [9.17, 15) is 14.4 Å². The molecule has 8 heteroatoms. The van der Waals surface area contributed by atoms with Gasteiger partial charge in [0, 0.05) is 29.5 Å². The maximum absolute atomic E-state index is 12.9. The van der Waals surface area contributed by atoms with Crippen LogP contribution in [0.3, 0.4) is 0 Å². The molecule has 28 heavy (non-hydrogen) atoms. The highest BCUT2D eigenvalue weighted by Crippen LogP contribution is 2.28. The summed E-state index contributed by atoms with van der Waals surface area (Å²) < 4.78 is 1.05. The third-order valence-corrected chi connectivity index (χ3v) is 5.93. The molecule has 4 rings (SSSR count). The summed E-state index contributed by atoms with van der Waals surface area (Å²) in [5.74, 6) is -0.122. The molecule has 0 bridgehead atoms. The Bertz CT molecular complexity index is 1320. The molecule has 0 spiro atoms. The lowest BCUT2D eigenvalue weighted by atomic mass is 10.0. The second-order valence-electron chi connectivity index (χ2n) is 6.71. The highest BCUT2D eigenvalue weighted by atomic mass is 32.1. The van der Waals surface area contributed by atoms with Crippen molar-refractivity contribution in [1.29, 1.82) is 0 Å². The van der Waals surface area contributed by atoms with E-state index < -0.39 is 11.1 Å². The molecular formula is C20H18N4O3S. The van der Waals surface area contributed by atoms with Crippen molar-refractivity contribution in [2.24, 2.45) is 0 Å². The van der Waals surface area contributed by atoms with E-state index in [4.69, 9.17) is 5.73 Å². The van der Waals surface area contributed by atoms with Gasteiger partial charge in [-0.05, 0) is 36.1 Å². The second kappa shape index (κ2) is 6.65. The van der Waals surface area contributed by atoms with Crippen molar-refractivity contribution in [2.75, 3.05) is 12.8 Å². The summed E-state index contributed by atoms with van der Waals surface area (Å²) in [6.45, 7) is 2.06. The van der Waals surface area contributed by atoms with Crippen LogP contribution >= 0.6 is 11.3 Å². The number of carbonyl (C=O) groups is 1. The molecular weight excluding hydrogens is 376 g/mol. The maximum atomic E-state index is 12.9. The molecule has 0 fully saturated rings. The number of H-pyrrole nitrogens is 2. The first-order valence-corrected chi connectivity index (χ1v) is 9.45. The number of nitrogen functional groups attached to an aromatic ring is 1. The van der Waals surface area contributed by atoms with Gasteiger partial charge in [0.15, 0.2) is 0 Å². The monoisotopic (exact) mass is 394 g/mol. The summed E-state index contributed by atoms with van der Waals surface area (Å²) in [6, 6.07) is 11.3. The summed E-state index contributed by atoms with van der Waals surface area (Å²) >= 11 is 1.44. The van der Waals surface area contributed by atoms with Crippen LogP contribution in [-0.4, -0.2) is 27.8 Å². The van der Waals surface area contributed by atoms with E-state index in [1.54, 1.807) is 18.0 Å². The summed E-state index contributed by atoms with van der Waals surface area (Å²) in [4.78, 5) is 43.8. The van der Waals surface area contributed by atoms with Gasteiger partial charge in [-0.15, -0.1) is 11.3 Å². The molecule has 0 aliphatic heterocycles. The van der Waals surface area contributed by atoms with Crippen LogP contribution in [0.25, 0.3) is 21.1 Å². The molecule has 4 N–H and O–H groups in total. The molecule has 2 heterocycles. The van der Waals surface area contributed by atoms with Gasteiger partial charge in [-0.25, -0.2) is 0 Å². The second-order valence-corrected chi connectivity index (χ2v) is 7.79. The topological polar surface area (TPSA) is 112 Å². The number of nitrogens with zero attached hydrogens (tertiary/aromatic N) is 1. The van der Waals surface area contributed by atoms with Crippen molar-refractivity contribution in [3.63, 3.8) is 0 Å². The number of hydrogen-bond donors (Lipinski definition) is 3. The zero-order chi connectivity index (χ0) is 20.0. The number of benzene rings is 2. The van der Waals surface area contributed by atoms with Crippen molar-refractivity contribution in [3.8, 4) is 0 Å². The van der Waals surface area contributed by atoms with Gasteiger partial charge < -0.3 is 20.6 Å². The zero-order valence-corrected chi connectivity index (χ0v) is 16.1. The third kappa shape index (κ3) is 2.97. The molecule has 0 unspecified atom stereocenters. The van der Waals surface area contributed by atoms with Gasteiger partial charge in [0.05, 0.1) is 15.9 Å². The van der Waals surface area contributed by atoms with Gasteiger partial charge in [0.25, 0.3) is 5.91 Å². The minimum Gasteiger partial charge on any atom is -0.398 e. The molecule has 0 saturated heterocycles. The average Bonchev–Trinajstić information content (AvgIpc) is 3.10. The highest BCUT2D eigenvalue weighted by molar-refractivity contribution is 7.20. The molecule has 0 aliphatic carbocycles. The van der Waals surface area contributed by atoms with E-state index in [0.717, 1.165) is 15.6 Å². The van der Waals surface area contributed by atoms with E-state index in [0.29, 0.717) is 27.2 Å². The quantitative estimate of drug-likeness (QED) is 0.366. The first-order valence-electron chi connectivity index (χ1n) is 8.63. The number of hydrogen-bond acceptors (Lipinski definition) is 5. The predicted molar refractivity (Wildman–Crippen MR) is 112 cm³/mol. The van der Waals surface area contributed by atoms with E-state index in [1.807, 2.05) is 37.3 Å². The number of nitrogens with one attached hydrogen (secondary N) is 2. The fourth-order valence-electron chi connectivity index (χ4n) is 3.23. The largest absolute Gasteiger partial charge is 0.398 e. The van der Waals surface area contributed by atoms with Crippen molar-refractivity contribution < 1.29 is 4.79 Å². The van der Waals surface area contributed by atoms with E-state index in [1.165, 1.54) is 11.3 Å². The number of aromatic amines is 2. The third-order valence-electron chi connectivity index (χ3n) is 4.83. The number of nitrogens with two attached hydrogens (primary N) is 1. The van der Waals surface area contributed by atoms with Crippen LogP contribution in [0.15, 0.2) is 46.0 Å². The predicted octanol–water partition coefficient (Wildman–Crippen LogP) is 2.59. The fourth-order valence-corrected chi connectivity index (χ4v) is 4.29. The molecule has 0 saturated carbocycles. The number of anilines is 1. The van der Waals surface area contributed by atoms with Gasteiger partial charge in [-0.1, -0.05) is 18.2 Å². The molecule has 7 nitrogen and oxygen atoms in total. The lowest BCUT2D eigenvalue weighted by Crippen LogP contribution is -2.30. The van der Waals surface area contributed by atoms with Crippen LogP contribution in [0, 0.1) is 6.92 Å². The molecule has 142 valence electrons. The standard InChI is InChI=1S/C20H18N4O3S/c1-10-12(17-14(8-13(10)21)22-18(25)19(26)23-17)9-24(2)20(27)16-7-11-5-3-4-6-15(11)28-16/h3-8H,9,21H2,1-2H3,(H,22,25)(H,23,26). The van der Waals surface area contributed by atoms with Gasteiger partial charge in [-0.2, -0.15) is 0 Å². The molecule has 1 amide bonds. The Morgan fingerprint density at radius 1 is 1.14 bits per heavy atom. The van der Waals surface area contributed by atoms with Gasteiger partial charge in [-0.3, -0.25) is 14.4 Å². The number of rotatable bonds is 3. The normalized spacial score (nSPS) is 11.2. The summed E-state index contributed by atoms with van der Waals surface area (Å²) in [5.41, 5.74) is 7.44. The van der Waals surface area contributed by atoms with Gasteiger partial charge >= 0.3 is 11.1 Å². The van der Waals surface area contributed by atoms with Crippen molar-refractivity contribution in [1.82, 2.24) is 14.9 Å². The van der Waals surface area contributed by atoms with Crippen LogP contribution in [-0.2, 0) is 6.54 Å². The van der Waals surface area contributed by atoms with Crippen molar-refractivity contribution in [3.05, 3.63) is 73.1 Å². The summed E-state index contributed by atoms with van der Waals surface area (Å²) in [7, 11) is 1.70. The fraction of sp³-hybridized carbons (Fsp3) is 0.150.